The topological polar surface area (TPSA) is 158 Å². The summed E-state index contributed by atoms with van der Waals surface area (Å²) in [5, 5.41) is 23.9. The zero-order valence-electron chi connectivity index (χ0n) is 8.91. The van der Waals surface area contributed by atoms with Crippen LogP contribution in [0.1, 0.15) is 5.69 Å². The highest BCUT2D eigenvalue weighted by Crippen LogP contribution is 2.06. The number of hydrogen-bond acceptors (Lipinski definition) is 8. The van der Waals surface area contributed by atoms with Crippen molar-refractivity contribution >= 4 is 21.7 Å². The van der Waals surface area contributed by atoms with Gasteiger partial charge < -0.3 is 5.73 Å². The highest BCUT2D eigenvalue weighted by molar-refractivity contribution is 7.88. The van der Waals surface area contributed by atoms with Crippen molar-refractivity contribution in [3.05, 3.63) is 5.69 Å². The van der Waals surface area contributed by atoms with Crippen molar-refractivity contribution in [3.8, 4) is 0 Å². The summed E-state index contributed by atoms with van der Waals surface area (Å²) in [4.78, 5) is 0. The van der Waals surface area contributed by atoms with E-state index in [1.165, 1.54) is 0 Å². The Morgan fingerprint density at radius 1 is 1.65 bits per heavy atom. The lowest BCUT2D eigenvalue weighted by atomic mass is 10.4. The van der Waals surface area contributed by atoms with Crippen LogP contribution in [0.15, 0.2) is 4.63 Å². The van der Waals surface area contributed by atoms with Gasteiger partial charge in [0.15, 0.2) is 17.3 Å². The molecular formula is C6H12N6O4S. The first kappa shape index (κ1) is 13.3. The second-order valence-electron chi connectivity index (χ2n) is 3.14. The van der Waals surface area contributed by atoms with E-state index in [0.717, 1.165) is 6.26 Å². The lowest BCUT2D eigenvalue weighted by Gasteiger charge is -2.15. The Bertz CT molecular complexity index is 496. The molecule has 1 aromatic rings. The third kappa shape index (κ3) is 3.97. The normalized spacial score (nSPS) is 11.4. The van der Waals surface area contributed by atoms with E-state index >= 15 is 0 Å². The Hall–Kier alpha value is -1.72. The van der Waals surface area contributed by atoms with Crippen LogP contribution in [0.2, 0.25) is 0 Å². The molecule has 96 valence electrons. The molecule has 0 saturated heterocycles. The van der Waals surface area contributed by atoms with Gasteiger partial charge in [-0.25, -0.2) is 22.8 Å². The van der Waals surface area contributed by atoms with Gasteiger partial charge >= 0.3 is 0 Å². The first-order chi connectivity index (χ1) is 7.81. The van der Waals surface area contributed by atoms with Crippen molar-refractivity contribution in [2.45, 2.75) is 0 Å². The minimum Gasteiger partial charge on any atom is -0.379 e. The summed E-state index contributed by atoms with van der Waals surface area (Å²) in [6, 6.07) is 0. The monoisotopic (exact) mass is 264 g/mol. The molecule has 17 heavy (non-hydrogen) atoms. The molecule has 0 amide bonds. The summed E-state index contributed by atoms with van der Waals surface area (Å²) in [6.07, 6.45) is 0.986. The van der Waals surface area contributed by atoms with Crippen molar-refractivity contribution in [2.75, 3.05) is 25.1 Å². The van der Waals surface area contributed by atoms with E-state index < -0.39 is 15.9 Å². The molecule has 0 bridgehead atoms. The molecule has 1 heterocycles. The number of anilines is 1. The van der Waals surface area contributed by atoms with E-state index in [0.29, 0.717) is 5.06 Å². The van der Waals surface area contributed by atoms with E-state index in [9.17, 15) is 13.6 Å². The molecule has 0 atom stereocenters. The molecule has 0 unspecified atom stereocenters. The maximum absolute atomic E-state index is 10.7. The van der Waals surface area contributed by atoms with Crippen molar-refractivity contribution in [1.29, 1.82) is 5.41 Å². The predicted molar refractivity (Wildman–Crippen MR) is 56.9 cm³/mol. The van der Waals surface area contributed by atoms with Crippen LogP contribution in [-0.2, 0) is 10.0 Å². The Morgan fingerprint density at radius 3 is 2.76 bits per heavy atom. The highest BCUT2D eigenvalue weighted by atomic mass is 32.2. The third-order valence-corrected chi connectivity index (χ3v) is 2.41. The molecule has 0 radical (unpaired) electrons. The number of amidine groups is 1. The van der Waals surface area contributed by atoms with Crippen LogP contribution in [0.5, 0.6) is 0 Å². The zero-order chi connectivity index (χ0) is 13.1. The van der Waals surface area contributed by atoms with E-state index in [1.807, 2.05) is 0 Å². The van der Waals surface area contributed by atoms with Crippen molar-refractivity contribution < 1.29 is 18.3 Å². The molecule has 1 aromatic heterocycles. The summed E-state index contributed by atoms with van der Waals surface area (Å²) in [6.45, 7) is -0.207. The van der Waals surface area contributed by atoms with Gasteiger partial charge in [0.2, 0.25) is 10.0 Å². The van der Waals surface area contributed by atoms with Crippen molar-refractivity contribution in [1.82, 2.24) is 20.1 Å². The summed E-state index contributed by atoms with van der Waals surface area (Å²) >= 11 is 0. The average Bonchev–Trinajstić information content (AvgIpc) is 2.61. The third-order valence-electron chi connectivity index (χ3n) is 1.68. The van der Waals surface area contributed by atoms with Crippen LogP contribution >= 0.6 is 0 Å². The minimum absolute atomic E-state index is 0.0666. The van der Waals surface area contributed by atoms with Crippen molar-refractivity contribution in [3.63, 3.8) is 0 Å². The van der Waals surface area contributed by atoms with E-state index in [-0.39, 0.29) is 24.6 Å². The number of hydroxylamine groups is 2. The second-order valence-corrected chi connectivity index (χ2v) is 4.97. The second kappa shape index (κ2) is 5.07. The number of nitrogens with two attached hydrogens (primary N) is 1. The van der Waals surface area contributed by atoms with Gasteiger partial charge in [0.1, 0.15) is 0 Å². The number of nitrogens with one attached hydrogen (secondary N) is 2. The SMILES string of the molecule is CS(=O)(=O)NCCN(O)C(=N)c1nonc1N. The number of aromatic nitrogens is 2. The molecule has 0 aromatic carbocycles. The molecule has 5 N–H and O–H groups in total. The quantitative estimate of drug-likeness (QED) is 0.276. The van der Waals surface area contributed by atoms with E-state index in [2.05, 4.69) is 19.7 Å². The van der Waals surface area contributed by atoms with Crippen LogP contribution in [0.4, 0.5) is 5.82 Å². The Labute approximate surface area is 96.9 Å². The van der Waals surface area contributed by atoms with Gasteiger partial charge in [-0.1, -0.05) is 0 Å². The Balaban J connectivity index is 2.52. The first-order valence-electron chi connectivity index (χ1n) is 4.39. The fourth-order valence-corrected chi connectivity index (χ4v) is 1.39. The average molecular weight is 264 g/mol. The van der Waals surface area contributed by atoms with Gasteiger partial charge in [-0.3, -0.25) is 10.6 Å². The van der Waals surface area contributed by atoms with Crippen LogP contribution in [0, 0.1) is 5.41 Å². The summed E-state index contributed by atoms with van der Waals surface area (Å²) in [5.41, 5.74) is 5.20. The molecule has 0 aliphatic carbocycles. The number of rotatable bonds is 5. The van der Waals surface area contributed by atoms with Gasteiger partial charge in [-0.2, -0.15) is 0 Å². The van der Waals surface area contributed by atoms with E-state index in [4.69, 9.17) is 11.1 Å². The maximum Gasteiger partial charge on any atom is 0.208 e. The molecule has 0 fully saturated rings. The lowest BCUT2D eigenvalue weighted by Crippen LogP contribution is -2.36. The smallest absolute Gasteiger partial charge is 0.208 e. The largest absolute Gasteiger partial charge is 0.379 e. The molecular weight excluding hydrogens is 252 g/mol. The van der Waals surface area contributed by atoms with Crippen LogP contribution < -0.4 is 10.5 Å². The van der Waals surface area contributed by atoms with Gasteiger partial charge in [-0.15, -0.1) is 0 Å². The number of nitrogens with zero attached hydrogens (tertiary/aromatic N) is 3. The van der Waals surface area contributed by atoms with Crippen LogP contribution in [0.3, 0.4) is 0 Å². The Morgan fingerprint density at radius 2 is 2.29 bits per heavy atom. The lowest BCUT2D eigenvalue weighted by molar-refractivity contribution is -0.0126. The number of sulfonamides is 1. The molecule has 0 spiro atoms. The van der Waals surface area contributed by atoms with Crippen molar-refractivity contribution in [2.24, 2.45) is 0 Å². The molecule has 1 rings (SSSR count). The number of nitrogen functional groups attached to an aromatic ring is 1. The number of hydrogen-bond donors (Lipinski definition) is 4. The van der Waals surface area contributed by atoms with E-state index in [1.54, 1.807) is 0 Å². The zero-order valence-corrected chi connectivity index (χ0v) is 9.73. The molecule has 0 aliphatic heterocycles. The van der Waals surface area contributed by atoms with Crippen LogP contribution in [0.25, 0.3) is 0 Å². The van der Waals surface area contributed by atoms with Crippen LogP contribution in [-0.4, -0.2) is 54.2 Å². The van der Waals surface area contributed by atoms with Gasteiger partial charge in [0, 0.05) is 6.54 Å². The predicted octanol–water partition coefficient (Wildman–Crippen LogP) is -1.78. The summed E-state index contributed by atoms with van der Waals surface area (Å²) in [5.74, 6) is -0.566. The Kier molecular flexibility index (Phi) is 3.98. The summed E-state index contributed by atoms with van der Waals surface area (Å²) in [7, 11) is -3.34. The standard InChI is InChI=1S/C6H12N6O4S/c1-17(14,15)9-2-3-12(13)6(8)4-5(7)11-16-10-4/h8-9,13H,2-3H2,1H3,(H2,7,11). The highest BCUT2D eigenvalue weighted by Gasteiger charge is 2.17. The maximum atomic E-state index is 10.7. The minimum atomic E-state index is -3.34. The van der Waals surface area contributed by atoms with Gasteiger partial charge in [0.25, 0.3) is 0 Å². The van der Waals surface area contributed by atoms with Gasteiger partial charge in [-0.05, 0) is 10.3 Å². The molecule has 10 nitrogen and oxygen atoms in total. The van der Waals surface area contributed by atoms with Gasteiger partial charge in [0.05, 0.1) is 12.8 Å². The fourth-order valence-electron chi connectivity index (χ4n) is 0.931. The molecule has 0 saturated carbocycles. The first-order valence-corrected chi connectivity index (χ1v) is 6.28. The molecule has 11 heteroatoms. The molecule has 0 aliphatic rings. The summed E-state index contributed by atoms with van der Waals surface area (Å²) < 4.78 is 27.9. The fraction of sp³-hybridized carbons (Fsp3) is 0.500.